The van der Waals surface area contributed by atoms with Crippen LogP contribution in [0.15, 0.2) is 0 Å². The third-order valence-electron chi connectivity index (χ3n) is 4.22. The molecule has 3 nitrogen and oxygen atoms in total. The molecule has 0 aromatic rings. The van der Waals surface area contributed by atoms with E-state index in [4.69, 9.17) is 4.74 Å². The predicted molar refractivity (Wildman–Crippen MR) is 67.9 cm³/mol. The van der Waals surface area contributed by atoms with Gasteiger partial charge in [0.15, 0.2) is 0 Å². The summed E-state index contributed by atoms with van der Waals surface area (Å²) in [6.07, 6.45) is 4.32. The van der Waals surface area contributed by atoms with Crippen molar-refractivity contribution in [3.05, 3.63) is 0 Å². The van der Waals surface area contributed by atoms with E-state index in [9.17, 15) is 4.79 Å². The molecule has 0 spiro atoms. The van der Waals surface area contributed by atoms with Crippen molar-refractivity contribution in [1.82, 2.24) is 4.90 Å². The third kappa shape index (κ3) is 3.29. The van der Waals surface area contributed by atoms with Crippen LogP contribution in [0.25, 0.3) is 0 Å². The predicted octanol–water partition coefficient (Wildman–Crippen LogP) is 1.96. The van der Waals surface area contributed by atoms with Crippen LogP contribution in [0.3, 0.4) is 0 Å². The molecule has 2 saturated heterocycles. The smallest absolute Gasteiger partial charge is 0.127 e. The summed E-state index contributed by atoms with van der Waals surface area (Å²) in [6.45, 7) is 9.38. The van der Waals surface area contributed by atoms with Crippen molar-refractivity contribution in [2.45, 2.75) is 33.1 Å². The molecule has 17 heavy (non-hydrogen) atoms. The number of piperidine rings is 1. The topological polar surface area (TPSA) is 29.5 Å². The molecule has 0 saturated carbocycles. The SMILES string of the molecule is CC1CC(C)CN(CC2(C=O)CCOCC2)C1. The highest BCUT2D eigenvalue weighted by Gasteiger charge is 2.35. The van der Waals surface area contributed by atoms with Gasteiger partial charge in [-0.05, 0) is 31.1 Å². The summed E-state index contributed by atoms with van der Waals surface area (Å²) in [5.74, 6) is 1.53. The number of rotatable bonds is 3. The molecule has 3 heteroatoms. The molecule has 0 aromatic heterocycles. The Morgan fingerprint density at radius 1 is 1.24 bits per heavy atom. The van der Waals surface area contributed by atoms with Crippen LogP contribution in [0.5, 0.6) is 0 Å². The Balaban J connectivity index is 1.95. The van der Waals surface area contributed by atoms with E-state index >= 15 is 0 Å². The average Bonchev–Trinajstić information content (AvgIpc) is 2.29. The summed E-state index contributed by atoms with van der Waals surface area (Å²) in [7, 11) is 0. The van der Waals surface area contributed by atoms with Crippen LogP contribution < -0.4 is 0 Å². The number of hydrogen-bond donors (Lipinski definition) is 0. The van der Waals surface area contributed by atoms with Crippen LogP contribution >= 0.6 is 0 Å². The number of nitrogens with zero attached hydrogens (tertiary/aromatic N) is 1. The zero-order valence-electron chi connectivity index (χ0n) is 11.2. The van der Waals surface area contributed by atoms with Gasteiger partial charge in [-0.2, -0.15) is 0 Å². The normalized spacial score (nSPS) is 34.5. The largest absolute Gasteiger partial charge is 0.381 e. The van der Waals surface area contributed by atoms with E-state index < -0.39 is 0 Å². The van der Waals surface area contributed by atoms with E-state index in [-0.39, 0.29) is 5.41 Å². The monoisotopic (exact) mass is 239 g/mol. The second-order valence-electron chi connectivity index (χ2n) is 6.23. The molecule has 2 aliphatic rings. The van der Waals surface area contributed by atoms with Gasteiger partial charge in [0.25, 0.3) is 0 Å². The highest BCUT2D eigenvalue weighted by Crippen LogP contribution is 2.31. The summed E-state index contributed by atoms with van der Waals surface area (Å²) in [4.78, 5) is 13.9. The lowest BCUT2D eigenvalue weighted by molar-refractivity contribution is -0.123. The fourth-order valence-corrected chi connectivity index (χ4v) is 3.46. The fourth-order valence-electron chi connectivity index (χ4n) is 3.46. The first kappa shape index (κ1) is 13.0. The van der Waals surface area contributed by atoms with E-state index in [2.05, 4.69) is 18.7 Å². The molecule has 2 atom stereocenters. The molecule has 0 amide bonds. The number of likely N-dealkylation sites (tertiary alicyclic amines) is 1. The van der Waals surface area contributed by atoms with Gasteiger partial charge in [-0.25, -0.2) is 0 Å². The minimum absolute atomic E-state index is 0.130. The van der Waals surface area contributed by atoms with Crippen LogP contribution in [0.1, 0.15) is 33.1 Å². The van der Waals surface area contributed by atoms with Gasteiger partial charge < -0.3 is 14.4 Å². The average molecular weight is 239 g/mol. The van der Waals surface area contributed by atoms with Crippen LogP contribution in [0, 0.1) is 17.3 Å². The highest BCUT2D eigenvalue weighted by atomic mass is 16.5. The minimum Gasteiger partial charge on any atom is -0.381 e. The minimum atomic E-state index is -0.130. The summed E-state index contributed by atoms with van der Waals surface area (Å²) in [5, 5.41) is 0. The van der Waals surface area contributed by atoms with Gasteiger partial charge >= 0.3 is 0 Å². The van der Waals surface area contributed by atoms with Gasteiger partial charge in [0.05, 0.1) is 0 Å². The maximum atomic E-state index is 11.4. The molecular formula is C14H25NO2. The van der Waals surface area contributed by atoms with Crippen molar-refractivity contribution in [2.75, 3.05) is 32.8 Å². The lowest BCUT2D eigenvalue weighted by Gasteiger charge is -2.41. The molecule has 2 unspecified atom stereocenters. The van der Waals surface area contributed by atoms with Gasteiger partial charge in [0.2, 0.25) is 0 Å². The second-order valence-corrected chi connectivity index (χ2v) is 6.23. The summed E-state index contributed by atoms with van der Waals surface area (Å²) >= 11 is 0. The van der Waals surface area contributed by atoms with Crippen molar-refractivity contribution in [3.8, 4) is 0 Å². The second kappa shape index (κ2) is 5.49. The van der Waals surface area contributed by atoms with Gasteiger partial charge in [-0.1, -0.05) is 13.8 Å². The van der Waals surface area contributed by atoms with Crippen molar-refractivity contribution in [2.24, 2.45) is 17.3 Å². The molecule has 2 heterocycles. The molecule has 0 aliphatic carbocycles. The Labute approximate surface area is 105 Å². The van der Waals surface area contributed by atoms with Gasteiger partial charge in [-0.15, -0.1) is 0 Å². The van der Waals surface area contributed by atoms with Crippen molar-refractivity contribution >= 4 is 6.29 Å². The number of hydrogen-bond acceptors (Lipinski definition) is 3. The van der Waals surface area contributed by atoms with E-state index in [1.807, 2.05) is 0 Å². The van der Waals surface area contributed by atoms with E-state index in [1.165, 1.54) is 12.7 Å². The van der Waals surface area contributed by atoms with E-state index in [0.717, 1.165) is 57.5 Å². The lowest BCUT2D eigenvalue weighted by atomic mass is 9.80. The molecule has 0 radical (unpaired) electrons. The zero-order chi connectivity index (χ0) is 12.3. The molecule has 2 fully saturated rings. The van der Waals surface area contributed by atoms with Crippen LogP contribution in [0.4, 0.5) is 0 Å². The summed E-state index contributed by atoms with van der Waals surface area (Å²) < 4.78 is 5.38. The molecule has 0 N–H and O–H groups in total. The molecular weight excluding hydrogens is 214 g/mol. The molecule has 0 bridgehead atoms. The van der Waals surface area contributed by atoms with Crippen molar-refractivity contribution in [3.63, 3.8) is 0 Å². The summed E-state index contributed by atoms with van der Waals surface area (Å²) in [6, 6.07) is 0. The molecule has 2 aliphatic heterocycles. The molecule has 98 valence electrons. The van der Waals surface area contributed by atoms with Crippen molar-refractivity contribution in [1.29, 1.82) is 0 Å². The van der Waals surface area contributed by atoms with Crippen LogP contribution in [-0.2, 0) is 9.53 Å². The quantitative estimate of drug-likeness (QED) is 0.705. The first-order chi connectivity index (χ1) is 8.13. The first-order valence-electron chi connectivity index (χ1n) is 6.90. The zero-order valence-corrected chi connectivity index (χ0v) is 11.2. The first-order valence-corrected chi connectivity index (χ1v) is 6.90. The third-order valence-corrected chi connectivity index (χ3v) is 4.22. The Bertz CT molecular complexity index is 251. The Morgan fingerprint density at radius 3 is 2.35 bits per heavy atom. The van der Waals surface area contributed by atoms with E-state index in [0.29, 0.717) is 0 Å². The maximum absolute atomic E-state index is 11.4. The highest BCUT2D eigenvalue weighted by molar-refractivity contribution is 5.60. The van der Waals surface area contributed by atoms with Gasteiger partial charge in [-0.3, -0.25) is 0 Å². The van der Waals surface area contributed by atoms with Gasteiger partial charge in [0, 0.05) is 38.3 Å². The molecule has 2 rings (SSSR count). The Kier molecular flexibility index (Phi) is 4.21. The number of carbonyl (C=O) groups excluding carboxylic acids is 1. The van der Waals surface area contributed by atoms with Crippen LogP contribution in [0.2, 0.25) is 0 Å². The number of ether oxygens (including phenoxy) is 1. The van der Waals surface area contributed by atoms with Gasteiger partial charge in [0.1, 0.15) is 6.29 Å². The molecule has 0 aromatic carbocycles. The van der Waals surface area contributed by atoms with Crippen molar-refractivity contribution < 1.29 is 9.53 Å². The number of aldehydes is 1. The van der Waals surface area contributed by atoms with Crippen LogP contribution in [-0.4, -0.2) is 44.0 Å². The standard InChI is InChI=1S/C14H25NO2/c1-12-7-13(2)9-15(8-12)10-14(11-16)3-5-17-6-4-14/h11-13H,3-10H2,1-2H3. The Hall–Kier alpha value is -0.410. The summed E-state index contributed by atoms with van der Waals surface area (Å²) in [5.41, 5.74) is -0.130. The lowest BCUT2D eigenvalue weighted by Crippen LogP contribution is -2.47. The Morgan fingerprint density at radius 2 is 1.82 bits per heavy atom. The maximum Gasteiger partial charge on any atom is 0.127 e. The fraction of sp³-hybridized carbons (Fsp3) is 0.929. The number of carbonyl (C=O) groups is 1. The van der Waals surface area contributed by atoms with E-state index in [1.54, 1.807) is 0 Å².